The van der Waals surface area contributed by atoms with E-state index in [1.807, 2.05) is 31.2 Å². The molecule has 1 heterocycles. The van der Waals surface area contributed by atoms with Crippen LogP contribution < -0.4 is 5.63 Å². The summed E-state index contributed by atoms with van der Waals surface area (Å²) in [6, 6.07) is 8.94. The van der Waals surface area contributed by atoms with Crippen LogP contribution in [0.25, 0.3) is 11.5 Å². The first-order valence-corrected chi connectivity index (χ1v) is 4.29. The minimum absolute atomic E-state index is 0.359. The molecule has 2 rings (SSSR count). The third-order valence-corrected chi connectivity index (χ3v) is 1.90. The van der Waals surface area contributed by atoms with Crippen LogP contribution in [0.4, 0.5) is 0 Å². The lowest BCUT2D eigenvalue weighted by atomic mass is 10.1. The van der Waals surface area contributed by atoms with Gasteiger partial charge in [0.2, 0.25) is 5.89 Å². The van der Waals surface area contributed by atoms with Gasteiger partial charge in [-0.3, -0.25) is 0 Å². The van der Waals surface area contributed by atoms with E-state index in [0.717, 1.165) is 11.1 Å². The maximum absolute atomic E-state index is 10.9. The van der Waals surface area contributed by atoms with Crippen LogP contribution in [0.3, 0.4) is 0 Å². The molecule has 0 fully saturated rings. The molecule has 3 nitrogen and oxygen atoms in total. The number of aryl methyl sites for hydroxylation is 1. The Morgan fingerprint density at radius 1 is 1.14 bits per heavy atom. The van der Waals surface area contributed by atoms with Crippen LogP contribution in [-0.2, 0) is 0 Å². The van der Waals surface area contributed by atoms with Crippen LogP contribution >= 0.6 is 0 Å². The van der Waals surface area contributed by atoms with Crippen molar-refractivity contribution < 1.29 is 4.42 Å². The van der Waals surface area contributed by atoms with E-state index in [4.69, 9.17) is 4.42 Å². The van der Waals surface area contributed by atoms with Gasteiger partial charge < -0.3 is 4.42 Å². The second-order valence-electron chi connectivity index (χ2n) is 3.04. The molecule has 0 aliphatic carbocycles. The highest BCUT2D eigenvalue weighted by molar-refractivity contribution is 5.52. The third kappa shape index (κ3) is 1.71. The maximum atomic E-state index is 10.9. The molecule has 70 valence electrons. The zero-order chi connectivity index (χ0) is 9.97. The van der Waals surface area contributed by atoms with Crippen molar-refractivity contribution in [2.24, 2.45) is 0 Å². The quantitative estimate of drug-likeness (QED) is 0.685. The molecular weight excluding hydrogens is 178 g/mol. The number of hydrogen-bond donors (Lipinski definition) is 0. The Balaban J connectivity index is 2.50. The van der Waals surface area contributed by atoms with Gasteiger partial charge in [-0.1, -0.05) is 17.7 Å². The second kappa shape index (κ2) is 3.46. The molecule has 0 N–H and O–H groups in total. The number of nitrogens with zero attached hydrogens (tertiary/aromatic N) is 1. The highest BCUT2D eigenvalue weighted by atomic mass is 16.4. The summed E-state index contributed by atoms with van der Waals surface area (Å²) in [4.78, 5) is 14.9. The summed E-state index contributed by atoms with van der Waals surface area (Å²) in [7, 11) is 0. The molecular formula is C11H9NO2. The fraction of sp³-hybridized carbons (Fsp3) is 0.0909. The van der Waals surface area contributed by atoms with Gasteiger partial charge in [0, 0.05) is 17.8 Å². The lowest BCUT2D eigenvalue weighted by Gasteiger charge is -1.98. The monoisotopic (exact) mass is 187 g/mol. The van der Waals surface area contributed by atoms with Crippen molar-refractivity contribution in [2.45, 2.75) is 6.92 Å². The van der Waals surface area contributed by atoms with Gasteiger partial charge in [0.15, 0.2) is 0 Å². The Labute approximate surface area is 81.0 Å². The Kier molecular flexibility index (Phi) is 2.14. The van der Waals surface area contributed by atoms with Crippen molar-refractivity contribution in [1.82, 2.24) is 4.98 Å². The fourth-order valence-electron chi connectivity index (χ4n) is 1.15. The first kappa shape index (κ1) is 8.69. The Morgan fingerprint density at radius 3 is 2.50 bits per heavy atom. The zero-order valence-electron chi connectivity index (χ0n) is 7.73. The molecule has 3 heteroatoms. The highest BCUT2D eigenvalue weighted by Gasteiger charge is 2.00. The number of benzene rings is 1. The summed E-state index contributed by atoms with van der Waals surface area (Å²) in [5.74, 6) is 0.359. The molecule has 0 unspecified atom stereocenters. The van der Waals surface area contributed by atoms with Crippen LogP contribution in [0, 0.1) is 6.92 Å². The Bertz CT molecular complexity index is 485. The highest BCUT2D eigenvalue weighted by Crippen LogP contribution is 2.14. The molecule has 0 atom stereocenters. The SMILES string of the molecule is Cc1ccc(-c2nccc(=O)o2)cc1. The molecule has 0 amide bonds. The first-order valence-electron chi connectivity index (χ1n) is 4.29. The van der Waals surface area contributed by atoms with Gasteiger partial charge >= 0.3 is 5.63 Å². The van der Waals surface area contributed by atoms with E-state index in [9.17, 15) is 4.79 Å². The molecule has 1 aromatic carbocycles. The van der Waals surface area contributed by atoms with Crippen LogP contribution in [0.1, 0.15) is 5.56 Å². The first-order chi connectivity index (χ1) is 6.75. The minimum atomic E-state index is -0.379. The van der Waals surface area contributed by atoms with Gasteiger partial charge in [-0.25, -0.2) is 9.78 Å². The van der Waals surface area contributed by atoms with Gasteiger partial charge in [-0.15, -0.1) is 0 Å². The van der Waals surface area contributed by atoms with Crippen molar-refractivity contribution in [3.63, 3.8) is 0 Å². The van der Waals surface area contributed by atoms with Gasteiger partial charge in [0.05, 0.1) is 0 Å². The Morgan fingerprint density at radius 2 is 1.86 bits per heavy atom. The van der Waals surface area contributed by atoms with Gasteiger partial charge in [0.1, 0.15) is 0 Å². The standard InChI is InChI=1S/C11H9NO2/c1-8-2-4-9(5-3-8)11-12-7-6-10(13)14-11/h2-7H,1H3. The summed E-state index contributed by atoms with van der Waals surface area (Å²) >= 11 is 0. The van der Waals surface area contributed by atoms with E-state index < -0.39 is 0 Å². The molecule has 0 spiro atoms. The van der Waals surface area contributed by atoms with Gasteiger partial charge in [-0.2, -0.15) is 0 Å². The molecule has 0 radical (unpaired) electrons. The van der Waals surface area contributed by atoms with Crippen molar-refractivity contribution in [3.8, 4) is 11.5 Å². The molecule has 1 aromatic heterocycles. The lowest BCUT2D eigenvalue weighted by molar-refractivity contribution is 0.507. The van der Waals surface area contributed by atoms with E-state index in [2.05, 4.69) is 4.98 Å². The van der Waals surface area contributed by atoms with E-state index in [-0.39, 0.29) is 5.63 Å². The fourth-order valence-corrected chi connectivity index (χ4v) is 1.15. The molecule has 0 bridgehead atoms. The number of hydrogen-bond acceptors (Lipinski definition) is 3. The van der Waals surface area contributed by atoms with Crippen molar-refractivity contribution in [3.05, 3.63) is 52.5 Å². The van der Waals surface area contributed by atoms with Crippen LogP contribution in [0.15, 0.2) is 45.7 Å². The number of aromatic nitrogens is 1. The second-order valence-corrected chi connectivity index (χ2v) is 3.04. The van der Waals surface area contributed by atoms with Crippen molar-refractivity contribution in [2.75, 3.05) is 0 Å². The molecule has 14 heavy (non-hydrogen) atoms. The predicted molar refractivity (Wildman–Crippen MR) is 52.9 cm³/mol. The van der Waals surface area contributed by atoms with E-state index >= 15 is 0 Å². The molecule has 0 aliphatic rings. The summed E-state index contributed by atoms with van der Waals surface area (Å²) in [6.45, 7) is 2.00. The Hall–Kier alpha value is -1.90. The normalized spacial score (nSPS) is 10.1. The summed E-state index contributed by atoms with van der Waals surface area (Å²) in [6.07, 6.45) is 1.45. The molecule has 0 saturated carbocycles. The summed E-state index contributed by atoms with van der Waals surface area (Å²) in [5, 5.41) is 0. The lowest BCUT2D eigenvalue weighted by Crippen LogP contribution is -1.97. The third-order valence-electron chi connectivity index (χ3n) is 1.90. The molecule has 0 aliphatic heterocycles. The minimum Gasteiger partial charge on any atom is -0.404 e. The van der Waals surface area contributed by atoms with E-state index in [0.29, 0.717) is 5.89 Å². The molecule has 2 aromatic rings. The van der Waals surface area contributed by atoms with Gasteiger partial charge in [-0.05, 0) is 19.1 Å². The average molecular weight is 187 g/mol. The van der Waals surface area contributed by atoms with Crippen LogP contribution in [0.5, 0.6) is 0 Å². The zero-order valence-corrected chi connectivity index (χ0v) is 7.73. The number of rotatable bonds is 1. The van der Waals surface area contributed by atoms with Gasteiger partial charge in [0.25, 0.3) is 0 Å². The average Bonchev–Trinajstić information content (AvgIpc) is 2.19. The maximum Gasteiger partial charge on any atom is 0.339 e. The van der Waals surface area contributed by atoms with E-state index in [1.165, 1.54) is 12.3 Å². The summed E-state index contributed by atoms with van der Waals surface area (Å²) < 4.78 is 4.94. The topological polar surface area (TPSA) is 43.1 Å². The molecule has 0 saturated heterocycles. The van der Waals surface area contributed by atoms with Crippen LogP contribution in [-0.4, -0.2) is 4.98 Å². The summed E-state index contributed by atoms with van der Waals surface area (Å²) in [5.41, 5.74) is 1.59. The largest absolute Gasteiger partial charge is 0.404 e. The van der Waals surface area contributed by atoms with Crippen molar-refractivity contribution in [1.29, 1.82) is 0 Å². The van der Waals surface area contributed by atoms with E-state index in [1.54, 1.807) is 0 Å². The predicted octanol–water partition coefficient (Wildman–Crippen LogP) is 2.01. The van der Waals surface area contributed by atoms with Crippen LogP contribution in [0.2, 0.25) is 0 Å². The van der Waals surface area contributed by atoms with Crippen molar-refractivity contribution >= 4 is 0 Å². The smallest absolute Gasteiger partial charge is 0.339 e.